The number of aryl methyl sites for hydroxylation is 3. The molecule has 0 fully saturated rings. The van der Waals surface area contributed by atoms with Gasteiger partial charge in [0.25, 0.3) is 0 Å². The molecule has 0 spiro atoms. The molecule has 0 aliphatic heterocycles. The van der Waals surface area contributed by atoms with Gasteiger partial charge in [-0.25, -0.2) is 0 Å². The number of hydrogen-bond donors (Lipinski definition) is 1. The van der Waals surface area contributed by atoms with Crippen molar-refractivity contribution in [3.8, 4) is 5.82 Å². The molecular weight excluding hydrogens is 288 g/mol. The first kappa shape index (κ1) is 15.1. The van der Waals surface area contributed by atoms with Gasteiger partial charge in [-0.15, -0.1) is 0 Å². The Morgan fingerprint density at radius 1 is 1.13 bits per heavy atom. The maximum absolute atomic E-state index is 5.17. The lowest BCUT2D eigenvalue weighted by Crippen LogP contribution is -2.00. The lowest BCUT2D eigenvalue weighted by molar-refractivity contribution is 0.394. The zero-order valence-electron chi connectivity index (χ0n) is 13.8. The number of hydrazone groups is 1. The van der Waals surface area contributed by atoms with Gasteiger partial charge >= 0.3 is 0 Å². The molecule has 0 saturated carbocycles. The lowest BCUT2D eigenvalue weighted by Gasteiger charge is -2.04. The van der Waals surface area contributed by atoms with Gasteiger partial charge in [-0.2, -0.15) is 5.10 Å². The summed E-state index contributed by atoms with van der Waals surface area (Å²) in [6.45, 7) is 8.03. The molecule has 0 bridgehead atoms. The maximum atomic E-state index is 5.17. The van der Waals surface area contributed by atoms with Crippen molar-refractivity contribution >= 4 is 11.9 Å². The van der Waals surface area contributed by atoms with Gasteiger partial charge in [0.2, 0.25) is 0 Å². The van der Waals surface area contributed by atoms with Gasteiger partial charge in [-0.1, -0.05) is 23.4 Å². The highest BCUT2D eigenvalue weighted by Gasteiger charge is 2.12. The minimum Gasteiger partial charge on any atom is -0.360 e. The zero-order chi connectivity index (χ0) is 16.4. The molecule has 23 heavy (non-hydrogen) atoms. The first-order valence-electron chi connectivity index (χ1n) is 7.53. The molecule has 0 aliphatic carbocycles. The summed E-state index contributed by atoms with van der Waals surface area (Å²) in [5, 5.41) is 8.44. The lowest BCUT2D eigenvalue weighted by atomic mass is 10.2. The molecule has 0 unspecified atom stereocenters. The second kappa shape index (κ2) is 6.12. The molecule has 2 heterocycles. The van der Waals surface area contributed by atoms with E-state index >= 15 is 0 Å². The number of benzene rings is 1. The standard InChI is InChI=1S/C18H20N4O/c1-12-7-5-6-8-17(12)20-19-11-16-9-13(2)22(15(16)4)18-10-14(3)23-21-18/h5-11,20H,1-4H3/b19-11-. The van der Waals surface area contributed by atoms with Crippen molar-refractivity contribution in [3.63, 3.8) is 0 Å². The predicted molar refractivity (Wildman–Crippen MR) is 92.4 cm³/mol. The van der Waals surface area contributed by atoms with Crippen molar-refractivity contribution in [1.82, 2.24) is 9.72 Å². The minimum atomic E-state index is 0.795. The van der Waals surface area contributed by atoms with Crippen LogP contribution in [-0.2, 0) is 0 Å². The monoisotopic (exact) mass is 308 g/mol. The van der Waals surface area contributed by atoms with Gasteiger partial charge in [0, 0.05) is 23.0 Å². The Balaban J connectivity index is 1.84. The summed E-state index contributed by atoms with van der Waals surface area (Å²) in [7, 11) is 0. The third-order valence-corrected chi connectivity index (χ3v) is 3.85. The van der Waals surface area contributed by atoms with E-state index in [1.54, 1.807) is 0 Å². The molecule has 1 N–H and O–H groups in total. The van der Waals surface area contributed by atoms with Crippen LogP contribution in [0.5, 0.6) is 0 Å². The quantitative estimate of drug-likeness (QED) is 0.582. The fourth-order valence-electron chi connectivity index (χ4n) is 2.60. The second-order valence-electron chi connectivity index (χ2n) is 5.64. The summed E-state index contributed by atoms with van der Waals surface area (Å²) in [6, 6.07) is 12.1. The van der Waals surface area contributed by atoms with Crippen molar-refractivity contribution in [2.75, 3.05) is 5.43 Å². The molecule has 0 amide bonds. The van der Waals surface area contributed by atoms with E-state index < -0.39 is 0 Å². The summed E-state index contributed by atoms with van der Waals surface area (Å²) < 4.78 is 7.23. The summed E-state index contributed by atoms with van der Waals surface area (Å²) in [4.78, 5) is 0. The predicted octanol–water partition coefficient (Wildman–Crippen LogP) is 4.14. The van der Waals surface area contributed by atoms with Crippen molar-refractivity contribution in [2.45, 2.75) is 27.7 Å². The number of anilines is 1. The average Bonchev–Trinajstić information content (AvgIpc) is 3.05. The zero-order valence-corrected chi connectivity index (χ0v) is 13.8. The minimum absolute atomic E-state index is 0.795. The van der Waals surface area contributed by atoms with Crippen LogP contribution in [0.4, 0.5) is 5.69 Å². The molecule has 5 nitrogen and oxygen atoms in total. The van der Waals surface area contributed by atoms with Crippen LogP contribution < -0.4 is 5.43 Å². The number of aromatic nitrogens is 2. The molecule has 5 heteroatoms. The van der Waals surface area contributed by atoms with Crippen LogP contribution in [0.15, 0.2) is 46.0 Å². The van der Waals surface area contributed by atoms with Gasteiger partial charge in [0.05, 0.1) is 11.9 Å². The Bertz CT molecular complexity index is 858. The second-order valence-corrected chi connectivity index (χ2v) is 5.64. The smallest absolute Gasteiger partial charge is 0.180 e. The number of hydrogen-bond acceptors (Lipinski definition) is 4. The van der Waals surface area contributed by atoms with Gasteiger partial charge in [0.15, 0.2) is 5.82 Å². The summed E-state index contributed by atoms with van der Waals surface area (Å²) in [5.74, 6) is 1.59. The topological polar surface area (TPSA) is 55.4 Å². The van der Waals surface area contributed by atoms with Crippen LogP contribution >= 0.6 is 0 Å². The maximum Gasteiger partial charge on any atom is 0.180 e. The molecule has 0 saturated heterocycles. The van der Waals surface area contributed by atoms with E-state index in [0.29, 0.717) is 0 Å². The van der Waals surface area contributed by atoms with Crippen molar-refractivity contribution in [2.24, 2.45) is 5.10 Å². The van der Waals surface area contributed by atoms with Crippen molar-refractivity contribution in [1.29, 1.82) is 0 Å². The Kier molecular flexibility index (Phi) is 4.02. The molecule has 0 atom stereocenters. The van der Waals surface area contributed by atoms with Gasteiger partial charge in [0.1, 0.15) is 5.76 Å². The summed E-state index contributed by atoms with van der Waals surface area (Å²) in [6.07, 6.45) is 1.83. The largest absolute Gasteiger partial charge is 0.360 e. The normalized spacial score (nSPS) is 11.3. The number of para-hydroxylation sites is 1. The highest BCUT2D eigenvalue weighted by atomic mass is 16.5. The van der Waals surface area contributed by atoms with E-state index in [2.05, 4.69) is 39.3 Å². The molecule has 2 aromatic heterocycles. The third kappa shape index (κ3) is 3.04. The number of rotatable bonds is 4. The molecule has 0 radical (unpaired) electrons. The van der Waals surface area contributed by atoms with Crippen molar-refractivity contribution < 1.29 is 4.52 Å². The highest BCUT2D eigenvalue weighted by molar-refractivity contribution is 5.82. The molecule has 3 rings (SSSR count). The van der Waals surface area contributed by atoms with Crippen LogP contribution in [0.2, 0.25) is 0 Å². The Morgan fingerprint density at radius 2 is 1.91 bits per heavy atom. The van der Waals surface area contributed by atoms with Gasteiger partial charge < -0.3 is 4.52 Å². The molecular formula is C18H20N4O. The van der Waals surface area contributed by atoms with Gasteiger partial charge in [-0.05, 0) is 45.4 Å². The molecule has 1 aromatic carbocycles. The van der Waals surface area contributed by atoms with E-state index in [1.165, 1.54) is 0 Å². The highest BCUT2D eigenvalue weighted by Crippen LogP contribution is 2.20. The van der Waals surface area contributed by atoms with Crippen LogP contribution in [0.25, 0.3) is 5.82 Å². The Morgan fingerprint density at radius 3 is 2.61 bits per heavy atom. The fourth-order valence-corrected chi connectivity index (χ4v) is 2.60. The molecule has 118 valence electrons. The summed E-state index contributed by atoms with van der Waals surface area (Å²) >= 11 is 0. The van der Waals surface area contributed by atoms with Crippen LogP contribution in [-0.4, -0.2) is 15.9 Å². The number of nitrogens with one attached hydrogen (secondary N) is 1. The van der Waals surface area contributed by atoms with E-state index in [-0.39, 0.29) is 0 Å². The molecule has 3 aromatic rings. The van der Waals surface area contributed by atoms with E-state index in [4.69, 9.17) is 4.52 Å². The van der Waals surface area contributed by atoms with Crippen LogP contribution in [0.3, 0.4) is 0 Å². The van der Waals surface area contributed by atoms with E-state index in [0.717, 1.165) is 39.8 Å². The SMILES string of the molecule is Cc1cc(-n2c(C)cc(/C=N\Nc3ccccc3C)c2C)no1. The fraction of sp³-hybridized carbons (Fsp3) is 0.222. The third-order valence-electron chi connectivity index (χ3n) is 3.85. The Labute approximate surface area is 135 Å². The van der Waals surface area contributed by atoms with E-state index in [1.807, 2.05) is 51.3 Å². The first-order chi connectivity index (χ1) is 11.1. The van der Waals surface area contributed by atoms with Crippen molar-refractivity contribution in [3.05, 3.63) is 64.7 Å². The van der Waals surface area contributed by atoms with Gasteiger partial charge in [-0.3, -0.25) is 9.99 Å². The molecule has 0 aliphatic rings. The number of nitrogens with zero attached hydrogens (tertiary/aromatic N) is 3. The Hall–Kier alpha value is -2.82. The average molecular weight is 308 g/mol. The van der Waals surface area contributed by atoms with Crippen LogP contribution in [0, 0.1) is 27.7 Å². The van der Waals surface area contributed by atoms with E-state index in [9.17, 15) is 0 Å². The summed E-state index contributed by atoms with van der Waals surface area (Å²) in [5.41, 5.74) is 8.46. The first-order valence-corrected chi connectivity index (χ1v) is 7.53. The van der Waals surface area contributed by atoms with Crippen LogP contribution in [0.1, 0.15) is 28.3 Å².